The summed E-state index contributed by atoms with van der Waals surface area (Å²) >= 11 is 0. The number of nitrogens with zero attached hydrogens (tertiary/aromatic N) is 1. The Balaban J connectivity index is 4.50. The summed E-state index contributed by atoms with van der Waals surface area (Å²) in [5.41, 5.74) is -0.738. The Morgan fingerprint density at radius 3 is 1.95 bits per heavy atom. The number of carbonyl (C=O) groups is 2. The van der Waals surface area contributed by atoms with E-state index in [1.807, 2.05) is 32.8 Å². The quantitative estimate of drug-likeness (QED) is 0.701. The summed E-state index contributed by atoms with van der Waals surface area (Å²) in [7, 11) is 3.85. The predicted octanol–water partition coefficient (Wildman–Crippen LogP) is 1.13. The first-order valence-electron chi connectivity index (χ1n) is 6.32. The minimum atomic E-state index is -1.03. The second-order valence-corrected chi connectivity index (χ2v) is 6.67. The Labute approximate surface area is 115 Å². The van der Waals surface area contributed by atoms with Crippen molar-refractivity contribution in [2.45, 2.75) is 46.2 Å². The van der Waals surface area contributed by atoms with Crippen molar-refractivity contribution in [1.82, 2.24) is 15.5 Å². The number of aliphatic carboxylic acids is 1. The van der Waals surface area contributed by atoms with Gasteiger partial charge >= 0.3 is 12.0 Å². The van der Waals surface area contributed by atoms with Crippen molar-refractivity contribution in [2.24, 2.45) is 5.41 Å². The summed E-state index contributed by atoms with van der Waals surface area (Å²) < 4.78 is 0. The lowest BCUT2D eigenvalue weighted by Gasteiger charge is -2.33. The highest BCUT2D eigenvalue weighted by atomic mass is 16.4. The van der Waals surface area contributed by atoms with Gasteiger partial charge in [-0.3, -0.25) is 0 Å². The molecule has 6 heteroatoms. The number of hydrogen-bond acceptors (Lipinski definition) is 3. The van der Waals surface area contributed by atoms with Crippen LogP contribution in [0.2, 0.25) is 0 Å². The summed E-state index contributed by atoms with van der Waals surface area (Å²) in [6.45, 7) is 9.74. The maximum Gasteiger partial charge on any atom is 0.326 e. The van der Waals surface area contributed by atoms with E-state index >= 15 is 0 Å². The minimum absolute atomic E-state index is 0.197. The maximum atomic E-state index is 11.8. The summed E-state index contributed by atoms with van der Waals surface area (Å²) in [5.74, 6) is -1.03. The third-order valence-corrected chi connectivity index (χ3v) is 3.28. The van der Waals surface area contributed by atoms with Crippen molar-refractivity contribution >= 4 is 12.0 Å². The lowest BCUT2D eigenvalue weighted by molar-refractivity contribution is -0.141. The molecule has 0 aromatic rings. The number of nitrogens with one attached hydrogen (secondary N) is 2. The van der Waals surface area contributed by atoms with Crippen LogP contribution in [0.1, 0.15) is 34.6 Å². The number of likely N-dealkylation sites (N-methyl/N-ethyl adjacent to an activating group) is 1. The first kappa shape index (κ1) is 17.7. The van der Waals surface area contributed by atoms with Gasteiger partial charge in [-0.2, -0.15) is 0 Å². The van der Waals surface area contributed by atoms with Crippen LogP contribution in [0.5, 0.6) is 0 Å². The van der Waals surface area contributed by atoms with Crippen LogP contribution in [0.3, 0.4) is 0 Å². The highest BCUT2D eigenvalue weighted by Gasteiger charge is 2.33. The van der Waals surface area contributed by atoms with E-state index in [9.17, 15) is 9.59 Å². The molecule has 0 saturated heterocycles. The molecule has 0 aromatic carbocycles. The summed E-state index contributed by atoms with van der Waals surface area (Å²) in [4.78, 5) is 24.9. The molecule has 0 aliphatic rings. The number of carbonyl (C=O) groups excluding carboxylic acids is 1. The van der Waals surface area contributed by atoms with Gasteiger partial charge in [-0.1, -0.05) is 20.8 Å². The topological polar surface area (TPSA) is 81.7 Å². The standard InChI is InChI=1S/C13H27N3O3/c1-12(2,3)9(10(17)18)15-11(19)14-8-13(4,5)16(6)7/h9H,8H2,1-7H3,(H,17,18)(H2,14,15,19)/t9-/m1/s1. The van der Waals surface area contributed by atoms with Crippen LogP contribution < -0.4 is 10.6 Å². The molecule has 3 N–H and O–H groups in total. The second kappa shape index (κ2) is 6.23. The van der Waals surface area contributed by atoms with Gasteiger partial charge in [0, 0.05) is 12.1 Å². The van der Waals surface area contributed by atoms with Crippen LogP contribution in [-0.4, -0.2) is 54.2 Å². The zero-order valence-corrected chi connectivity index (χ0v) is 13.0. The van der Waals surface area contributed by atoms with Crippen LogP contribution >= 0.6 is 0 Å². The fraction of sp³-hybridized carbons (Fsp3) is 0.846. The fourth-order valence-corrected chi connectivity index (χ4v) is 1.29. The van der Waals surface area contributed by atoms with E-state index in [-0.39, 0.29) is 5.54 Å². The molecule has 112 valence electrons. The largest absolute Gasteiger partial charge is 0.480 e. The van der Waals surface area contributed by atoms with Gasteiger partial charge < -0.3 is 20.6 Å². The fourth-order valence-electron chi connectivity index (χ4n) is 1.29. The molecule has 0 rings (SSSR count). The zero-order chi connectivity index (χ0) is 15.4. The van der Waals surface area contributed by atoms with Crippen molar-refractivity contribution in [3.05, 3.63) is 0 Å². The van der Waals surface area contributed by atoms with E-state index < -0.39 is 23.5 Å². The van der Waals surface area contributed by atoms with Gasteiger partial charge in [0.15, 0.2) is 0 Å². The maximum absolute atomic E-state index is 11.8. The molecular weight excluding hydrogens is 246 g/mol. The molecule has 0 aliphatic heterocycles. The highest BCUT2D eigenvalue weighted by Crippen LogP contribution is 2.19. The Hall–Kier alpha value is -1.30. The molecule has 0 aliphatic carbocycles. The molecular formula is C13H27N3O3. The SMILES string of the molecule is CN(C)C(C)(C)CNC(=O)N[C@H](C(=O)O)C(C)(C)C. The monoisotopic (exact) mass is 273 g/mol. The molecule has 1 atom stereocenters. The van der Waals surface area contributed by atoms with Crippen LogP contribution in [0.15, 0.2) is 0 Å². The van der Waals surface area contributed by atoms with Gasteiger partial charge in [0.25, 0.3) is 0 Å². The average Bonchev–Trinajstić information content (AvgIpc) is 2.20. The van der Waals surface area contributed by atoms with Crippen molar-refractivity contribution in [3.8, 4) is 0 Å². The number of carboxylic acids is 1. The molecule has 0 spiro atoms. The molecule has 0 saturated carbocycles. The molecule has 0 fully saturated rings. The van der Waals surface area contributed by atoms with Gasteiger partial charge in [-0.05, 0) is 33.4 Å². The van der Waals surface area contributed by atoms with Crippen LogP contribution in [-0.2, 0) is 4.79 Å². The second-order valence-electron chi connectivity index (χ2n) is 6.67. The first-order valence-corrected chi connectivity index (χ1v) is 6.32. The number of carboxylic acid groups (broad SMARTS) is 1. The van der Waals surface area contributed by atoms with E-state index in [2.05, 4.69) is 10.6 Å². The summed E-state index contributed by atoms with van der Waals surface area (Å²) in [6.07, 6.45) is 0. The van der Waals surface area contributed by atoms with Gasteiger partial charge in [0.2, 0.25) is 0 Å². The zero-order valence-electron chi connectivity index (χ0n) is 13.0. The molecule has 0 radical (unpaired) electrons. The summed E-state index contributed by atoms with van der Waals surface area (Å²) in [6, 6.07) is -1.38. The van der Waals surface area contributed by atoms with Gasteiger partial charge in [-0.25, -0.2) is 9.59 Å². The number of amides is 2. The minimum Gasteiger partial charge on any atom is -0.480 e. The first-order chi connectivity index (χ1) is 8.38. The molecule has 0 unspecified atom stereocenters. The van der Waals surface area contributed by atoms with E-state index in [1.54, 1.807) is 20.8 Å². The number of rotatable bonds is 5. The Kier molecular flexibility index (Phi) is 5.81. The normalized spacial score (nSPS) is 14.1. The number of urea groups is 1. The third kappa shape index (κ3) is 5.92. The molecule has 6 nitrogen and oxygen atoms in total. The highest BCUT2D eigenvalue weighted by molar-refractivity contribution is 5.83. The van der Waals surface area contributed by atoms with Crippen LogP contribution in [0.4, 0.5) is 4.79 Å². The third-order valence-electron chi connectivity index (χ3n) is 3.28. The van der Waals surface area contributed by atoms with Gasteiger partial charge in [0.05, 0.1) is 0 Å². The average molecular weight is 273 g/mol. The van der Waals surface area contributed by atoms with Crippen LogP contribution in [0, 0.1) is 5.41 Å². The Bertz CT molecular complexity index is 333. The van der Waals surface area contributed by atoms with Crippen LogP contribution in [0.25, 0.3) is 0 Å². The van der Waals surface area contributed by atoms with E-state index in [0.29, 0.717) is 6.54 Å². The summed E-state index contributed by atoms with van der Waals surface area (Å²) in [5, 5.41) is 14.3. The van der Waals surface area contributed by atoms with Crippen molar-refractivity contribution in [2.75, 3.05) is 20.6 Å². The lowest BCUT2D eigenvalue weighted by atomic mass is 9.87. The van der Waals surface area contributed by atoms with Crippen molar-refractivity contribution in [1.29, 1.82) is 0 Å². The molecule has 0 aromatic heterocycles. The Morgan fingerprint density at radius 2 is 1.63 bits per heavy atom. The van der Waals surface area contributed by atoms with E-state index in [1.165, 1.54) is 0 Å². The molecule has 0 bridgehead atoms. The van der Waals surface area contributed by atoms with Crippen molar-refractivity contribution in [3.63, 3.8) is 0 Å². The van der Waals surface area contributed by atoms with Crippen molar-refractivity contribution < 1.29 is 14.7 Å². The number of hydrogen-bond donors (Lipinski definition) is 3. The lowest BCUT2D eigenvalue weighted by Crippen LogP contribution is -2.55. The van der Waals surface area contributed by atoms with Gasteiger partial charge in [0.1, 0.15) is 6.04 Å². The predicted molar refractivity (Wildman–Crippen MR) is 75.2 cm³/mol. The molecule has 19 heavy (non-hydrogen) atoms. The van der Waals surface area contributed by atoms with E-state index in [0.717, 1.165) is 0 Å². The van der Waals surface area contributed by atoms with Gasteiger partial charge in [-0.15, -0.1) is 0 Å². The molecule has 0 heterocycles. The van der Waals surface area contributed by atoms with E-state index in [4.69, 9.17) is 5.11 Å². The molecule has 2 amide bonds. The smallest absolute Gasteiger partial charge is 0.326 e. The Morgan fingerprint density at radius 1 is 1.16 bits per heavy atom.